The molecule has 0 aliphatic heterocycles. The topological polar surface area (TPSA) is 140 Å². The second-order valence-electron chi connectivity index (χ2n) is 9.01. The van der Waals surface area contributed by atoms with Gasteiger partial charge in [0.15, 0.2) is 0 Å². The highest BCUT2D eigenvalue weighted by molar-refractivity contribution is 7.89. The van der Waals surface area contributed by atoms with Gasteiger partial charge in [-0.2, -0.15) is 10.5 Å². The predicted octanol–water partition coefficient (Wildman–Crippen LogP) is 4.47. The van der Waals surface area contributed by atoms with Crippen molar-refractivity contribution in [2.75, 3.05) is 0 Å². The number of fused-ring (bicyclic) bond motifs is 3. The molecule has 0 amide bonds. The average molecular weight is 567 g/mol. The largest absolute Gasteiger partial charge is 0.240 e. The van der Waals surface area contributed by atoms with Crippen molar-refractivity contribution in [3.63, 3.8) is 0 Å². The Morgan fingerprint density at radius 3 is 1.35 bits per heavy atom. The summed E-state index contributed by atoms with van der Waals surface area (Å²) in [6.07, 6.45) is 0. The van der Waals surface area contributed by atoms with Crippen molar-refractivity contribution in [1.29, 1.82) is 10.5 Å². The zero-order valence-electron chi connectivity index (χ0n) is 21.0. The van der Waals surface area contributed by atoms with Crippen LogP contribution in [0.3, 0.4) is 0 Å². The molecule has 2 N–H and O–H groups in total. The van der Waals surface area contributed by atoms with Gasteiger partial charge in [-0.3, -0.25) is 0 Å². The van der Waals surface area contributed by atoms with Gasteiger partial charge in [-0.15, -0.1) is 0 Å². The molecule has 4 aromatic rings. The van der Waals surface area contributed by atoms with Crippen molar-refractivity contribution >= 4 is 25.6 Å². The van der Waals surface area contributed by atoms with E-state index in [1.54, 1.807) is 36.4 Å². The van der Waals surface area contributed by atoms with Crippen LogP contribution in [-0.4, -0.2) is 16.8 Å². The van der Waals surface area contributed by atoms with Crippen LogP contribution in [0.4, 0.5) is 0 Å². The standard InChI is InChI=1S/C30H22N4O4S2/c31-17-23(18-32)30-28-15-24(39(35,36)33-19-21-7-3-1-4-8-21)11-13-26(28)27-14-12-25(16-29(27)30)40(37,38)34-20-22-9-5-2-6-10-22/h1-16,33-34H,19-20H2. The highest BCUT2D eigenvalue weighted by atomic mass is 32.2. The minimum absolute atomic E-state index is 0.0416. The van der Waals surface area contributed by atoms with Crippen LogP contribution in [0.2, 0.25) is 0 Å². The summed E-state index contributed by atoms with van der Waals surface area (Å²) in [6.45, 7) is 0.171. The van der Waals surface area contributed by atoms with E-state index in [2.05, 4.69) is 9.44 Å². The van der Waals surface area contributed by atoms with Crippen LogP contribution in [0.1, 0.15) is 22.3 Å². The second kappa shape index (κ2) is 10.9. The highest BCUT2D eigenvalue weighted by Gasteiger charge is 2.30. The van der Waals surface area contributed by atoms with E-state index in [1.807, 2.05) is 48.5 Å². The molecule has 0 radical (unpaired) electrons. The van der Waals surface area contributed by atoms with Gasteiger partial charge >= 0.3 is 0 Å². The van der Waals surface area contributed by atoms with Gasteiger partial charge in [0.05, 0.1) is 9.79 Å². The first kappa shape index (κ1) is 27.0. The number of nitrogens with zero attached hydrogens (tertiary/aromatic N) is 2. The number of benzene rings is 4. The van der Waals surface area contributed by atoms with E-state index in [0.29, 0.717) is 22.3 Å². The molecular formula is C30H22N4O4S2. The minimum atomic E-state index is -3.94. The molecule has 1 aliphatic rings. The smallest absolute Gasteiger partial charge is 0.207 e. The maximum atomic E-state index is 13.1. The van der Waals surface area contributed by atoms with E-state index in [1.165, 1.54) is 24.3 Å². The molecule has 0 unspecified atom stereocenters. The number of sulfonamides is 2. The lowest BCUT2D eigenvalue weighted by atomic mass is 9.99. The molecule has 0 atom stereocenters. The maximum Gasteiger partial charge on any atom is 0.240 e. The fourth-order valence-electron chi connectivity index (χ4n) is 4.53. The fraction of sp³-hybridized carbons (Fsp3) is 0.0667. The molecule has 0 fully saturated rings. The summed E-state index contributed by atoms with van der Waals surface area (Å²) in [4.78, 5) is -0.0832. The molecule has 0 bridgehead atoms. The number of hydrogen-bond donors (Lipinski definition) is 2. The van der Waals surface area contributed by atoms with E-state index in [4.69, 9.17) is 0 Å². The molecule has 0 saturated carbocycles. The molecule has 4 aromatic carbocycles. The van der Waals surface area contributed by atoms with E-state index in [0.717, 1.165) is 11.1 Å². The van der Waals surface area contributed by atoms with Gasteiger partial charge in [0.1, 0.15) is 17.7 Å². The number of rotatable bonds is 8. The van der Waals surface area contributed by atoms with Crippen molar-refractivity contribution in [1.82, 2.24) is 9.44 Å². The van der Waals surface area contributed by atoms with Gasteiger partial charge in [0.25, 0.3) is 0 Å². The summed E-state index contributed by atoms with van der Waals surface area (Å²) in [5, 5.41) is 19.4. The Morgan fingerprint density at radius 1 is 0.575 bits per heavy atom. The number of nitrogens with one attached hydrogen (secondary N) is 2. The van der Waals surface area contributed by atoms with Crippen molar-refractivity contribution in [3.8, 4) is 23.3 Å². The van der Waals surface area contributed by atoms with Crippen LogP contribution >= 0.6 is 0 Å². The van der Waals surface area contributed by atoms with Crippen molar-refractivity contribution < 1.29 is 16.8 Å². The first-order valence-corrected chi connectivity index (χ1v) is 15.1. The highest BCUT2D eigenvalue weighted by Crippen LogP contribution is 2.47. The number of allylic oxidation sites excluding steroid dienone is 1. The van der Waals surface area contributed by atoms with Crippen molar-refractivity contribution in [2.45, 2.75) is 22.9 Å². The Bertz CT molecular complexity index is 1800. The molecule has 198 valence electrons. The zero-order valence-corrected chi connectivity index (χ0v) is 22.6. The summed E-state index contributed by atoms with van der Waals surface area (Å²) >= 11 is 0. The lowest BCUT2D eigenvalue weighted by Gasteiger charge is -2.10. The van der Waals surface area contributed by atoms with Crippen LogP contribution in [0, 0.1) is 22.7 Å². The van der Waals surface area contributed by atoms with Crippen LogP contribution < -0.4 is 9.44 Å². The van der Waals surface area contributed by atoms with E-state index >= 15 is 0 Å². The summed E-state index contributed by atoms with van der Waals surface area (Å²) < 4.78 is 57.6. The quantitative estimate of drug-likeness (QED) is 0.266. The van der Waals surface area contributed by atoms with E-state index in [-0.39, 0.29) is 34.0 Å². The summed E-state index contributed by atoms with van der Waals surface area (Å²) in [6, 6.07) is 30.8. The van der Waals surface area contributed by atoms with Crippen LogP contribution in [0.25, 0.3) is 16.7 Å². The molecule has 1 aliphatic carbocycles. The van der Waals surface area contributed by atoms with Gasteiger partial charge < -0.3 is 0 Å². The molecule has 10 heteroatoms. The summed E-state index contributed by atoms with van der Waals surface area (Å²) in [5.41, 5.74) is 3.42. The average Bonchev–Trinajstić information content (AvgIpc) is 3.30. The lowest BCUT2D eigenvalue weighted by molar-refractivity contribution is 0.579. The van der Waals surface area contributed by atoms with Gasteiger partial charge in [-0.1, -0.05) is 72.8 Å². The van der Waals surface area contributed by atoms with Gasteiger partial charge in [-0.05, 0) is 57.6 Å². The summed E-state index contributed by atoms with van der Waals surface area (Å²) in [5.74, 6) is 0. The van der Waals surface area contributed by atoms with E-state index < -0.39 is 20.0 Å². The van der Waals surface area contributed by atoms with Crippen LogP contribution in [0.15, 0.2) is 112 Å². The Hall–Kier alpha value is -4.58. The molecular weight excluding hydrogens is 544 g/mol. The van der Waals surface area contributed by atoms with Gasteiger partial charge in [0.2, 0.25) is 20.0 Å². The first-order valence-electron chi connectivity index (χ1n) is 12.1. The molecule has 8 nitrogen and oxygen atoms in total. The third-order valence-electron chi connectivity index (χ3n) is 6.52. The van der Waals surface area contributed by atoms with E-state index in [9.17, 15) is 27.4 Å². The Kier molecular flexibility index (Phi) is 7.35. The van der Waals surface area contributed by atoms with Crippen LogP contribution in [-0.2, 0) is 33.1 Å². The van der Waals surface area contributed by atoms with Crippen molar-refractivity contribution in [2.24, 2.45) is 0 Å². The maximum absolute atomic E-state index is 13.1. The SMILES string of the molecule is N#CC(C#N)=C1c2cc(S(=O)(=O)NCc3ccccc3)ccc2-c2ccc(S(=O)(=O)NCc3ccccc3)cc21. The molecule has 0 saturated heterocycles. The number of nitriles is 2. The fourth-order valence-corrected chi connectivity index (χ4v) is 6.62. The first-order chi connectivity index (χ1) is 19.2. The normalized spacial score (nSPS) is 12.2. The van der Waals surface area contributed by atoms with Gasteiger partial charge in [-0.25, -0.2) is 26.3 Å². The predicted molar refractivity (Wildman–Crippen MR) is 150 cm³/mol. The van der Waals surface area contributed by atoms with Crippen molar-refractivity contribution in [3.05, 3.63) is 125 Å². The third-order valence-corrected chi connectivity index (χ3v) is 9.32. The third kappa shape index (κ3) is 5.30. The Morgan fingerprint density at radius 2 is 0.975 bits per heavy atom. The molecule has 0 heterocycles. The van der Waals surface area contributed by atoms with Gasteiger partial charge in [0, 0.05) is 18.7 Å². The van der Waals surface area contributed by atoms with Crippen LogP contribution in [0.5, 0.6) is 0 Å². The molecule has 0 spiro atoms. The Labute approximate surface area is 233 Å². The summed E-state index contributed by atoms with van der Waals surface area (Å²) in [7, 11) is -7.88. The monoisotopic (exact) mass is 566 g/mol. The lowest BCUT2D eigenvalue weighted by Crippen LogP contribution is -2.23. The minimum Gasteiger partial charge on any atom is -0.207 e. The number of hydrogen-bond acceptors (Lipinski definition) is 6. The molecule has 0 aromatic heterocycles. The zero-order chi connectivity index (χ0) is 28.3. The molecule has 40 heavy (non-hydrogen) atoms. The second-order valence-corrected chi connectivity index (χ2v) is 12.5. The Balaban J connectivity index is 1.52. The molecule has 5 rings (SSSR count).